The average molecular weight is 400 g/mol. The lowest BCUT2D eigenvalue weighted by Gasteiger charge is -2.14. The molecule has 0 aliphatic carbocycles. The number of ether oxygens (including phenoxy) is 2. The number of aromatic hydroxyl groups is 1. The maximum Gasteiger partial charge on any atom is 0.416 e. The van der Waals surface area contributed by atoms with E-state index in [4.69, 9.17) is 21.7 Å². The predicted octanol–water partition coefficient (Wildman–Crippen LogP) is 3.56. The molecule has 0 fully saturated rings. The van der Waals surface area contributed by atoms with Crippen LogP contribution in [0.15, 0.2) is 36.4 Å². The van der Waals surface area contributed by atoms with Crippen LogP contribution in [0.25, 0.3) is 0 Å². The highest BCUT2D eigenvalue weighted by Gasteiger charge is 2.31. The number of phenolic OH excluding ortho intramolecular Hbond substituents is 1. The molecule has 0 radical (unpaired) electrons. The van der Waals surface area contributed by atoms with Gasteiger partial charge in [-0.1, -0.05) is 0 Å². The largest absolute Gasteiger partial charge is 0.506 e. The summed E-state index contributed by atoms with van der Waals surface area (Å²) in [5.74, 6) is -0.360. The Morgan fingerprint density at radius 1 is 1.07 bits per heavy atom. The van der Waals surface area contributed by atoms with Crippen molar-refractivity contribution in [3.8, 4) is 17.2 Å². The average Bonchev–Trinajstić information content (AvgIpc) is 2.61. The first kappa shape index (κ1) is 20.3. The fourth-order valence-corrected chi connectivity index (χ4v) is 2.28. The van der Waals surface area contributed by atoms with Gasteiger partial charge < -0.3 is 19.9 Å². The van der Waals surface area contributed by atoms with Crippen LogP contribution < -0.4 is 20.1 Å². The van der Waals surface area contributed by atoms with Gasteiger partial charge in [0.15, 0.2) is 5.11 Å². The number of amides is 1. The minimum atomic E-state index is -4.59. The van der Waals surface area contributed by atoms with E-state index in [1.807, 2.05) is 0 Å². The lowest BCUT2D eigenvalue weighted by Crippen LogP contribution is -2.34. The molecule has 10 heteroatoms. The maximum atomic E-state index is 12.8. The molecule has 0 aromatic heterocycles. The Hall–Kier alpha value is -3.01. The monoisotopic (exact) mass is 400 g/mol. The van der Waals surface area contributed by atoms with Crippen LogP contribution >= 0.6 is 12.2 Å². The van der Waals surface area contributed by atoms with Crippen molar-refractivity contribution >= 4 is 28.9 Å². The van der Waals surface area contributed by atoms with E-state index < -0.39 is 23.4 Å². The fourth-order valence-electron chi connectivity index (χ4n) is 2.08. The second kappa shape index (κ2) is 8.12. The summed E-state index contributed by atoms with van der Waals surface area (Å²) in [6.45, 7) is 0. The first-order chi connectivity index (χ1) is 12.6. The minimum absolute atomic E-state index is 0.156. The number of benzene rings is 2. The summed E-state index contributed by atoms with van der Waals surface area (Å²) in [4.78, 5) is 12.3. The number of carbonyl (C=O) groups excluding carboxylic acids is 1. The van der Waals surface area contributed by atoms with Crippen molar-refractivity contribution in [3.05, 3.63) is 47.5 Å². The lowest BCUT2D eigenvalue weighted by molar-refractivity contribution is -0.137. The van der Waals surface area contributed by atoms with Crippen LogP contribution in [0.3, 0.4) is 0 Å². The van der Waals surface area contributed by atoms with Gasteiger partial charge in [0, 0.05) is 11.6 Å². The zero-order valence-electron chi connectivity index (χ0n) is 14.2. The van der Waals surface area contributed by atoms with Gasteiger partial charge in [-0.05, 0) is 42.5 Å². The van der Waals surface area contributed by atoms with Crippen molar-refractivity contribution < 1.29 is 32.5 Å². The lowest BCUT2D eigenvalue weighted by atomic mass is 10.1. The van der Waals surface area contributed by atoms with Gasteiger partial charge in [-0.2, -0.15) is 13.2 Å². The van der Waals surface area contributed by atoms with Gasteiger partial charge in [0.25, 0.3) is 5.91 Å². The molecule has 0 saturated heterocycles. The molecule has 0 spiro atoms. The van der Waals surface area contributed by atoms with Crippen LogP contribution in [0.4, 0.5) is 18.9 Å². The quantitative estimate of drug-likeness (QED) is 0.538. The summed E-state index contributed by atoms with van der Waals surface area (Å²) in [6, 6.07) is 6.72. The number of halogens is 3. The fraction of sp³-hybridized carbons (Fsp3) is 0.176. The molecule has 0 aliphatic heterocycles. The van der Waals surface area contributed by atoms with E-state index in [-0.39, 0.29) is 16.4 Å². The Balaban J connectivity index is 2.15. The van der Waals surface area contributed by atoms with Crippen molar-refractivity contribution in [2.75, 3.05) is 19.5 Å². The SMILES string of the molecule is COc1cc(OC)cc(C(=O)NC(=S)Nc2cc(C(F)(F)F)ccc2O)c1. The van der Waals surface area contributed by atoms with Crippen LogP contribution in [-0.2, 0) is 6.18 Å². The van der Waals surface area contributed by atoms with E-state index in [9.17, 15) is 23.1 Å². The van der Waals surface area contributed by atoms with Crippen LogP contribution in [0.1, 0.15) is 15.9 Å². The summed E-state index contributed by atoms with van der Waals surface area (Å²) in [7, 11) is 2.83. The van der Waals surface area contributed by atoms with Crippen LogP contribution in [0.2, 0.25) is 0 Å². The summed E-state index contributed by atoms with van der Waals surface area (Å²) in [5.41, 5.74) is -1.11. The number of thiocarbonyl (C=S) groups is 1. The van der Waals surface area contributed by atoms with E-state index in [1.165, 1.54) is 26.4 Å². The van der Waals surface area contributed by atoms with E-state index in [1.54, 1.807) is 6.07 Å². The van der Waals surface area contributed by atoms with Gasteiger partial charge in [0.1, 0.15) is 17.2 Å². The van der Waals surface area contributed by atoms with Crippen molar-refractivity contribution in [2.24, 2.45) is 0 Å². The molecule has 144 valence electrons. The molecule has 27 heavy (non-hydrogen) atoms. The Morgan fingerprint density at radius 2 is 1.67 bits per heavy atom. The summed E-state index contributed by atoms with van der Waals surface area (Å²) in [6.07, 6.45) is -4.59. The molecule has 2 aromatic rings. The standard InChI is InChI=1S/C17H15F3N2O4S/c1-25-11-5-9(6-12(8-11)26-2)15(24)22-16(27)21-13-7-10(17(18,19)20)3-4-14(13)23/h3-8,23H,1-2H3,(H2,21,22,24,27). The number of carbonyl (C=O) groups is 1. The van der Waals surface area contributed by atoms with Gasteiger partial charge in [0.2, 0.25) is 0 Å². The molecule has 0 atom stereocenters. The van der Waals surface area contributed by atoms with E-state index >= 15 is 0 Å². The maximum absolute atomic E-state index is 12.8. The molecule has 3 N–H and O–H groups in total. The summed E-state index contributed by atoms with van der Waals surface area (Å²) in [5, 5.41) is 14.1. The van der Waals surface area contributed by atoms with E-state index in [0.29, 0.717) is 17.6 Å². The molecule has 0 heterocycles. The Morgan fingerprint density at radius 3 is 2.19 bits per heavy atom. The third-order valence-electron chi connectivity index (χ3n) is 3.41. The molecule has 6 nitrogen and oxygen atoms in total. The number of rotatable bonds is 4. The first-order valence-corrected chi connectivity index (χ1v) is 7.80. The number of anilines is 1. The zero-order valence-corrected chi connectivity index (χ0v) is 15.0. The second-order valence-electron chi connectivity index (χ2n) is 5.24. The number of nitrogens with one attached hydrogen (secondary N) is 2. The number of hydrogen-bond acceptors (Lipinski definition) is 5. The van der Waals surface area contributed by atoms with Crippen molar-refractivity contribution in [1.82, 2.24) is 5.32 Å². The number of alkyl halides is 3. The van der Waals surface area contributed by atoms with Crippen LogP contribution in [-0.4, -0.2) is 30.3 Å². The summed E-state index contributed by atoms with van der Waals surface area (Å²) < 4.78 is 48.4. The molecular formula is C17H15F3N2O4S. The smallest absolute Gasteiger partial charge is 0.416 e. The highest BCUT2D eigenvalue weighted by Crippen LogP contribution is 2.34. The van der Waals surface area contributed by atoms with Crippen LogP contribution in [0, 0.1) is 0 Å². The highest BCUT2D eigenvalue weighted by molar-refractivity contribution is 7.80. The number of methoxy groups -OCH3 is 2. The zero-order chi connectivity index (χ0) is 20.2. The molecule has 2 rings (SSSR count). The third-order valence-corrected chi connectivity index (χ3v) is 3.62. The van der Waals surface area contributed by atoms with Crippen molar-refractivity contribution in [3.63, 3.8) is 0 Å². The minimum Gasteiger partial charge on any atom is -0.506 e. The van der Waals surface area contributed by atoms with Gasteiger partial charge in [-0.15, -0.1) is 0 Å². The Bertz CT molecular complexity index is 849. The molecule has 0 unspecified atom stereocenters. The number of phenols is 1. The van der Waals surface area contributed by atoms with Crippen LogP contribution in [0.5, 0.6) is 17.2 Å². The molecule has 0 aliphatic rings. The van der Waals surface area contributed by atoms with Crippen molar-refractivity contribution in [1.29, 1.82) is 0 Å². The topological polar surface area (TPSA) is 79.8 Å². The molecule has 1 amide bonds. The second-order valence-corrected chi connectivity index (χ2v) is 5.65. The van der Waals surface area contributed by atoms with Crippen molar-refractivity contribution in [2.45, 2.75) is 6.18 Å². The third kappa shape index (κ3) is 5.23. The molecule has 2 aromatic carbocycles. The summed E-state index contributed by atoms with van der Waals surface area (Å²) >= 11 is 4.93. The normalized spacial score (nSPS) is 10.9. The van der Waals surface area contributed by atoms with Gasteiger partial charge in [0.05, 0.1) is 25.5 Å². The Kier molecular flexibility index (Phi) is 6.11. The van der Waals surface area contributed by atoms with E-state index in [2.05, 4.69) is 10.6 Å². The highest BCUT2D eigenvalue weighted by atomic mass is 32.1. The van der Waals surface area contributed by atoms with Gasteiger partial charge in [-0.25, -0.2) is 0 Å². The Labute approximate surface area is 157 Å². The molecule has 0 bridgehead atoms. The van der Waals surface area contributed by atoms with E-state index in [0.717, 1.165) is 12.1 Å². The van der Waals surface area contributed by atoms with Gasteiger partial charge in [-0.3, -0.25) is 10.1 Å². The molecule has 0 saturated carbocycles. The molecular weight excluding hydrogens is 385 g/mol. The van der Waals surface area contributed by atoms with Gasteiger partial charge >= 0.3 is 6.18 Å². The number of hydrogen-bond donors (Lipinski definition) is 3. The first-order valence-electron chi connectivity index (χ1n) is 7.39. The predicted molar refractivity (Wildman–Crippen MR) is 96.3 cm³/mol.